The highest BCUT2D eigenvalue weighted by Gasteiger charge is 2.09. The average Bonchev–Trinajstić information content (AvgIpc) is 2.59. The number of halogens is 1. The summed E-state index contributed by atoms with van der Waals surface area (Å²) < 4.78 is 0. The number of carboxylic acid groups (broad SMARTS) is 1. The van der Waals surface area contributed by atoms with E-state index in [-0.39, 0.29) is 11.1 Å². The minimum absolute atomic E-state index is 0.0952. The van der Waals surface area contributed by atoms with Crippen LogP contribution in [-0.2, 0) is 11.3 Å². The molecule has 2 aromatic carbocycles. The zero-order chi connectivity index (χ0) is 18.2. The van der Waals surface area contributed by atoms with E-state index in [0.29, 0.717) is 17.3 Å². The topological polar surface area (TPSA) is 102 Å². The molecule has 0 radical (unpaired) electrons. The molecule has 25 heavy (non-hydrogen) atoms. The van der Waals surface area contributed by atoms with Crippen LogP contribution in [0.3, 0.4) is 0 Å². The van der Waals surface area contributed by atoms with Crippen LogP contribution < -0.4 is 10.6 Å². The summed E-state index contributed by atoms with van der Waals surface area (Å²) in [5.74, 6) is -1.55. The van der Waals surface area contributed by atoms with Crippen molar-refractivity contribution < 1.29 is 14.7 Å². The Kier molecular flexibility index (Phi) is 6.15. The van der Waals surface area contributed by atoms with E-state index in [4.69, 9.17) is 22.0 Å². The Morgan fingerprint density at radius 2 is 1.92 bits per heavy atom. The van der Waals surface area contributed by atoms with E-state index < -0.39 is 11.9 Å². The summed E-state index contributed by atoms with van der Waals surface area (Å²) in [6.07, 6.45) is 1.31. The Balaban J connectivity index is 1.96. The third kappa shape index (κ3) is 5.37. The molecule has 0 aromatic heterocycles. The third-order valence-electron chi connectivity index (χ3n) is 3.20. The molecule has 126 valence electrons. The fourth-order valence-corrected chi connectivity index (χ4v) is 2.14. The van der Waals surface area contributed by atoms with Crippen molar-refractivity contribution in [3.05, 3.63) is 76.5 Å². The summed E-state index contributed by atoms with van der Waals surface area (Å²) in [4.78, 5) is 22.9. The molecule has 1 amide bonds. The van der Waals surface area contributed by atoms with Gasteiger partial charge >= 0.3 is 5.97 Å². The number of carbonyl (C=O) groups excluding carboxylic acids is 1. The second-order valence-corrected chi connectivity index (χ2v) is 5.45. The van der Waals surface area contributed by atoms with E-state index in [0.717, 1.165) is 5.56 Å². The van der Waals surface area contributed by atoms with Crippen LogP contribution in [0.15, 0.2) is 60.3 Å². The van der Waals surface area contributed by atoms with Gasteiger partial charge in [-0.25, -0.2) is 4.79 Å². The van der Waals surface area contributed by atoms with Crippen LogP contribution in [0.5, 0.6) is 0 Å². The van der Waals surface area contributed by atoms with Gasteiger partial charge in [0, 0.05) is 23.5 Å². The molecular formula is C18H14ClN3O3. The Labute approximate surface area is 149 Å². The van der Waals surface area contributed by atoms with Crippen LogP contribution in [-0.4, -0.2) is 17.0 Å². The molecule has 0 aliphatic carbocycles. The SMILES string of the molecule is N#C/C(=C/NCc1ccc(C(=O)O)cc1)C(=O)Nc1cccc(Cl)c1. The van der Waals surface area contributed by atoms with Crippen LogP contribution in [0.25, 0.3) is 0 Å². The van der Waals surface area contributed by atoms with Crippen LogP contribution in [0.4, 0.5) is 5.69 Å². The zero-order valence-electron chi connectivity index (χ0n) is 13.0. The van der Waals surface area contributed by atoms with E-state index in [1.165, 1.54) is 18.3 Å². The largest absolute Gasteiger partial charge is 0.478 e. The molecule has 7 heteroatoms. The average molecular weight is 356 g/mol. The van der Waals surface area contributed by atoms with E-state index in [2.05, 4.69) is 10.6 Å². The molecule has 0 saturated carbocycles. The van der Waals surface area contributed by atoms with Crippen LogP contribution in [0.1, 0.15) is 15.9 Å². The lowest BCUT2D eigenvalue weighted by Gasteiger charge is -2.06. The maximum absolute atomic E-state index is 12.1. The van der Waals surface area contributed by atoms with Crippen LogP contribution in [0.2, 0.25) is 5.02 Å². The van der Waals surface area contributed by atoms with Gasteiger partial charge in [-0.2, -0.15) is 5.26 Å². The first-order chi connectivity index (χ1) is 12.0. The summed E-state index contributed by atoms with van der Waals surface area (Å²) in [5.41, 5.74) is 1.40. The minimum atomic E-state index is -0.996. The molecule has 0 heterocycles. The standard InChI is InChI=1S/C18H14ClN3O3/c19-15-2-1-3-16(8-15)22-17(23)14(9-20)11-21-10-12-4-6-13(7-5-12)18(24)25/h1-8,11,21H,10H2,(H,22,23)(H,24,25)/b14-11-. The number of nitriles is 1. The Hall–Kier alpha value is -3.30. The highest BCUT2D eigenvalue weighted by atomic mass is 35.5. The van der Waals surface area contributed by atoms with Crippen molar-refractivity contribution in [2.75, 3.05) is 5.32 Å². The van der Waals surface area contributed by atoms with Crippen molar-refractivity contribution in [2.24, 2.45) is 0 Å². The molecule has 6 nitrogen and oxygen atoms in total. The zero-order valence-corrected chi connectivity index (χ0v) is 13.7. The molecule has 0 atom stereocenters. The second kappa shape index (κ2) is 8.52. The van der Waals surface area contributed by atoms with Crippen molar-refractivity contribution in [2.45, 2.75) is 6.54 Å². The first-order valence-electron chi connectivity index (χ1n) is 7.22. The van der Waals surface area contributed by atoms with Gasteiger partial charge in [0.25, 0.3) is 5.91 Å². The lowest BCUT2D eigenvalue weighted by molar-refractivity contribution is -0.112. The second-order valence-electron chi connectivity index (χ2n) is 5.02. The summed E-state index contributed by atoms with van der Waals surface area (Å²) in [5, 5.41) is 23.9. The molecular weight excluding hydrogens is 342 g/mol. The maximum atomic E-state index is 12.1. The number of carbonyl (C=O) groups is 2. The van der Waals surface area contributed by atoms with Gasteiger partial charge in [0.1, 0.15) is 11.6 Å². The molecule has 0 bridgehead atoms. The van der Waals surface area contributed by atoms with Crippen molar-refractivity contribution >= 4 is 29.2 Å². The molecule has 0 aliphatic rings. The van der Waals surface area contributed by atoms with Gasteiger partial charge in [-0.3, -0.25) is 4.79 Å². The normalized spacial score (nSPS) is 10.6. The van der Waals surface area contributed by atoms with Crippen molar-refractivity contribution in [1.82, 2.24) is 5.32 Å². The Morgan fingerprint density at radius 3 is 2.52 bits per heavy atom. The number of aromatic carboxylic acids is 1. The summed E-state index contributed by atoms with van der Waals surface area (Å²) in [6, 6.07) is 14.7. The number of hydrogen-bond acceptors (Lipinski definition) is 4. The van der Waals surface area contributed by atoms with Crippen molar-refractivity contribution in [3.8, 4) is 6.07 Å². The van der Waals surface area contributed by atoms with E-state index in [9.17, 15) is 9.59 Å². The molecule has 0 spiro atoms. The number of rotatable bonds is 6. The van der Waals surface area contributed by atoms with Crippen molar-refractivity contribution in [1.29, 1.82) is 5.26 Å². The van der Waals surface area contributed by atoms with Crippen molar-refractivity contribution in [3.63, 3.8) is 0 Å². The lowest BCUT2D eigenvalue weighted by Crippen LogP contribution is -2.16. The molecule has 0 aliphatic heterocycles. The quantitative estimate of drug-likeness (QED) is 0.545. The third-order valence-corrected chi connectivity index (χ3v) is 3.44. The van der Waals surface area contributed by atoms with E-state index >= 15 is 0 Å². The maximum Gasteiger partial charge on any atom is 0.335 e. The lowest BCUT2D eigenvalue weighted by atomic mass is 10.1. The molecule has 0 unspecified atom stereocenters. The smallest absolute Gasteiger partial charge is 0.335 e. The molecule has 0 saturated heterocycles. The number of anilines is 1. The molecule has 2 aromatic rings. The molecule has 2 rings (SSSR count). The van der Waals surface area contributed by atoms with Crippen LogP contribution in [0, 0.1) is 11.3 Å². The van der Waals surface area contributed by atoms with Gasteiger partial charge in [0.2, 0.25) is 0 Å². The monoisotopic (exact) mass is 355 g/mol. The number of benzene rings is 2. The van der Waals surface area contributed by atoms with Gasteiger partial charge in [-0.15, -0.1) is 0 Å². The number of amides is 1. The summed E-state index contributed by atoms with van der Waals surface area (Å²) in [6.45, 7) is 0.343. The molecule has 3 N–H and O–H groups in total. The summed E-state index contributed by atoms with van der Waals surface area (Å²) in [7, 11) is 0. The Morgan fingerprint density at radius 1 is 1.20 bits per heavy atom. The number of nitrogens with one attached hydrogen (secondary N) is 2. The predicted molar refractivity (Wildman–Crippen MR) is 94.0 cm³/mol. The van der Waals surface area contributed by atoms with Gasteiger partial charge in [0.15, 0.2) is 0 Å². The van der Waals surface area contributed by atoms with Gasteiger partial charge in [-0.1, -0.05) is 29.8 Å². The predicted octanol–water partition coefficient (Wildman–Crippen LogP) is 3.17. The Bertz CT molecular complexity index is 855. The fourth-order valence-electron chi connectivity index (χ4n) is 1.95. The molecule has 0 fully saturated rings. The number of hydrogen-bond donors (Lipinski definition) is 3. The minimum Gasteiger partial charge on any atom is -0.478 e. The summed E-state index contributed by atoms with van der Waals surface area (Å²) >= 11 is 5.84. The van der Waals surface area contributed by atoms with Crippen LogP contribution >= 0.6 is 11.6 Å². The highest BCUT2D eigenvalue weighted by Crippen LogP contribution is 2.15. The van der Waals surface area contributed by atoms with Gasteiger partial charge in [0.05, 0.1) is 5.56 Å². The number of nitrogens with zero attached hydrogens (tertiary/aromatic N) is 1. The van der Waals surface area contributed by atoms with E-state index in [1.54, 1.807) is 36.4 Å². The first kappa shape index (κ1) is 18.0. The van der Waals surface area contributed by atoms with E-state index in [1.807, 2.05) is 6.07 Å². The number of carboxylic acids is 1. The fraction of sp³-hybridized carbons (Fsp3) is 0.0556. The highest BCUT2D eigenvalue weighted by molar-refractivity contribution is 6.31. The van der Waals surface area contributed by atoms with Gasteiger partial charge < -0.3 is 15.7 Å². The van der Waals surface area contributed by atoms with Gasteiger partial charge in [-0.05, 0) is 35.9 Å². The first-order valence-corrected chi connectivity index (χ1v) is 7.60.